The second kappa shape index (κ2) is 6.46. The van der Waals surface area contributed by atoms with E-state index >= 15 is 0 Å². The minimum atomic E-state index is -0.353. The molecule has 4 nitrogen and oxygen atoms in total. The van der Waals surface area contributed by atoms with Gasteiger partial charge in [-0.05, 0) is 44.4 Å². The summed E-state index contributed by atoms with van der Waals surface area (Å²) in [6, 6.07) is 6.82. The van der Waals surface area contributed by atoms with Crippen LogP contribution in [-0.4, -0.2) is 24.5 Å². The molecule has 1 aliphatic carbocycles. The van der Waals surface area contributed by atoms with Gasteiger partial charge >= 0.3 is 0 Å². The molecule has 0 spiro atoms. The molecular weight excluding hydrogens is 274 g/mol. The van der Waals surface area contributed by atoms with Crippen molar-refractivity contribution in [1.82, 2.24) is 5.32 Å². The van der Waals surface area contributed by atoms with Gasteiger partial charge in [0.2, 0.25) is 5.91 Å². The first-order valence-electron chi connectivity index (χ1n) is 7.04. The summed E-state index contributed by atoms with van der Waals surface area (Å²) in [5.41, 5.74) is 7.32. The molecule has 0 bridgehead atoms. The molecular formula is C15H22ClN3O. The molecule has 1 aromatic carbocycles. The SMILES string of the molecule is CC(C)N(CC(N)=O)c1ccc(CNC2CC2)cc1Cl. The number of carbonyl (C=O) groups excluding carboxylic acids is 1. The number of nitrogens with two attached hydrogens (primary N) is 1. The molecule has 0 atom stereocenters. The Bertz CT molecular complexity index is 486. The monoisotopic (exact) mass is 295 g/mol. The van der Waals surface area contributed by atoms with Crippen molar-refractivity contribution in [1.29, 1.82) is 0 Å². The highest BCUT2D eigenvalue weighted by molar-refractivity contribution is 6.33. The molecule has 0 unspecified atom stereocenters. The van der Waals surface area contributed by atoms with E-state index in [-0.39, 0.29) is 18.5 Å². The Morgan fingerprint density at radius 3 is 2.70 bits per heavy atom. The van der Waals surface area contributed by atoms with Crippen molar-refractivity contribution in [3.8, 4) is 0 Å². The molecule has 0 saturated heterocycles. The van der Waals surface area contributed by atoms with Crippen LogP contribution in [0.3, 0.4) is 0 Å². The quantitative estimate of drug-likeness (QED) is 0.811. The summed E-state index contributed by atoms with van der Waals surface area (Å²) in [4.78, 5) is 13.1. The van der Waals surface area contributed by atoms with Crippen LogP contribution in [0.25, 0.3) is 0 Å². The summed E-state index contributed by atoms with van der Waals surface area (Å²) in [7, 11) is 0. The maximum atomic E-state index is 11.2. The van der Waals surface area contributed by atoms with E-state index in [1.165, 1.54) is 12.8 Å². The molecule has 1 aromatic rings. The number of nitrogens with one attached hydrogen (secondary N) is 1. The van der Waals surface area contributed by atoms with Gasteiger partial charge in [0.25, 0.3) is 0 Å². The van der Waals surface area contributed by atoms with Gasteiger partial charge < -0.3 is 16.0 Å². The number of rotatable bonds is 7. The summed E-state index contributed by atoms with van der Waals surface area (Å²) in [5.74, 6) is -0.353. The Morgan fingerprint density at radius 2 is 2.20 bits per heavy atom. The first-order chi connectivity index (χ1) is 9.47. The van der Waals surface area contributed by atoms with Crippen molar-refractivity contribution < 1.29 is 4.79 Å². The maximum Gasteiger partial charge on any atom is 0.236 e. The predicted octanol–water partition coefficient (Wildman–Crippen LogP) is 2.29. The minimum absolute atomic E-state index is 0.162. The van der Waals surface area contributed by atoms with Crippen LogP contribution >= 0.6 is 11.6 Å². The second-order valence-electron chi connectivity index (χ2n) is 5.63. The van der Waals surface area contributed by atoms with Gasteiger partial charge in [0.05, 0.1) is 17.3 Å². The minimum Gasteiger partial charge on any atom is -0.368 e. The van der Waals surface area contributed by atoms with Crippen LogP contribution in [0.4, 0.5) is 5.69 Å². The number of halogens is 1. The Kier molecular flexibility index (Phi) is 4.89. The van der Waals surface area contributed by atoms with E-state index in [1.807, 2.05) is 36.9 Å². The molecule has 3 N–H and O–H groups in total. The highest BCUT2D eigenvalue weighted by Crippen LogP contribution is 2.28. The summed E-state index contributed by atoms with van der Waals surface area (Å²) >= 11 is 6.36. The smallest absolute Gasteiger partial charge is 0.236 e. The van der Waals surface area contributed by atoms with Gasteiger partial charge in [-0.25, -0.2) is 0 Å². The zero-order valence-corrected chi connectivity index (χ0v) is 12.8. The van der Waals surface area contributed by atoms with Gasteiger partial charge in [0.1, 0.15) is 0 Å². The van der Waals surface area contributed by atoms with Gasteiger partial charge in [0, 0.05) is 18.6 Å². The summed E-state index contributed by atoms with van der Waals surface area (Å²) in [5, 5.41) is 4.12. The van der Waals surface area contributed by atoms with Crippen LogP contribution in [0, 0.1) is 0 Å². The topological polar surface area (TPSA) is 58.4 Å². The van der Waals surface area contributed by atoms with Crippen molar-refractivity contribution in [2.75, 3.05) is 11.4 Å². The normalized spacial score (nSPS) is 14.6. The number of primary amides is 1. The van der Waals surface area contributed by atoms with Crippen LogP contribution in [-0.2, 0) is 11.3 Å². The maximum absolute atomic E-state index is 11.2. The first-order valence-corrected chi connectivity index (χ1v) is 7.42. The Labute approximate surface area is 125 Å². The average Bonchev–Trinajstić information content (AvgIpc) is 3.17. The average molecular weight is 296 g/mol. The molecule has 110 valence electrons. The third-order valence-corrected chi connectivity index (χ3v) is 3.75. The van der Waals surface area contributed by atoms with E-state index in [0.717, 1.165) is 17.8 Å². The molecule has 0 radical (unpaired) electrons. The van der Waals surface area contributed by atoms with Crippen molar-refractivity contribution in [2.45, 2.75) is 45.3 Å². The van der Waals surface area contributed by atoms with Gasteiger partial charge in [-0.15, -0.1) is 0 Å². The number of anilines is 1. The highest BCUT2D eigenvalue weighted by Gasteiger charge is 2.20. The van der Waals surface area contributed by atoms with Gasteiger partial charge in [0.15, 0.2) is 0 Å². The third kappa shape index (κ3) is 4.12. The number of carbonyl (C=O) groups is 1. The van der Waals surface area contributed by atoms with Gasteiger partial charge in [-0.1, -0.05) is 17.7 Å². The van der Waals surface area contributed by atoms with Crippen molar-refractivity contribution in [2.24, 2.45) is 5.73 Å². The third-order valence-electron chi connectivity index (χ3n) is 3.44. The lowest BCUT2D eigenvalue weighted by atomic mass is 10.1. The molecule has 5 heteroatoms. The lowest BCUT2D eigenvalue weighted by molar-refractivity contribution is -0.116. The zero-order valence-electron chi connectivity index (χ0n) is 12.0. The van der Waals surface area contributed by atoms with Crippen LogP contribution in [0.15, 0.2) is 18.2 Å². The molecule has 1 fully saturated rings. The molecule has 1 amide bonds. The van der Waals surface area contributed by atoms with E-state index < -0.39 is 0 Å². The van der Waals surface area contributed by atoms with Crippen molar-refractivity contribution in [3.05, 3.63) is 28.8 Å². The Hall–Kier alpha value is -1.26. The summed E-state index contributed by atoms with van der Waals surface area (Å²) < 4.78 is 0. The summed E-state index contributed by atoms with van der Waals surface area (Å²) in [6.07, 6.45) is 2.54. The molecule has 0 aromatic heterocycles. The molecule has 20 heavy (non-hydrogen) atoms. The fourth-order valence-electron chi connectivity index (χ4n) is 2.16. The lowest BCUT2D eigenvalue weighted by Gasteiger charge is -2.28. The number of hydrogen-bond donors (Lipinski definition) is 2. The van der Waals surface area contributed by atoms with Crippen LogP contribution in [0.1, 0.15) is 32.3 Å². The fraction of sp³-hybridized carbons (Fsp3) is 0.533. The van der Waals surface area contributed by atoms with Gasteiger partial charge in [-0.3, -0.25) is 4.79 Å². The lowest BCUT2D eigenvalue weighted by Crippen LogP contribution is -2.38. The number of hydrogen-bond acceptors (Lipinski definition) is 3. The van der Waals surface area contributed by atoms with E-state index in [4.69, 9.17) is 17.3 Å². The van der Waals surface area contributed by atoms with Crippen LogP contribution in [0.5, 0.6) is 0 Å². The Morgan fingerprint density at radius 1 is 1.50 bits per heavy atom. The van der Waals surface area contributed by atoms with E-state index in [1.54, 1.807) is 0 Å². The predicted molar refractivity (Wildman–Crippen MR) is 83.0 cm³/mol. The molecule has 1 aliphatic rings. The molecule has 2 rings (SSSR count). The number of amides is 1. The summed E-state index contributed by atoms with van der Waals surface area (Å²) in [6.45, 7) is 5.04. The largest absolute Gasteiger partial charge is 0.368 e. The van der Waals surface area contributed by atoms with Gasteiger partial charge in [-0.2, -0.15) is 0 Å². The van der Waals surface area contributed by atoms with Crippen molar-refractivity contribution >= 4 is 23.2 Å². The number of benzene rings is 1. The molecule has 1 saturated carbocycles. The standard InChI is InChI=1S/C15H22ClN3O/c1-10(2)19(9-15(17)20)14-6-3-11(7-13(14)16)8-18-12-4-5-12/h3,6-7,10,12,18H,4-5,8-9H2,1-2H3,(H2,17,20). The van der Waals surface area contributed by atoms with E-state index in [9.17, 15) is 4.79 Å². The number of nitrogens with zero attached hydrogens (tertiary/aromatic N) is 1. The van der Waals surface area contributed by atoms with E-state index in [2.05, 4.69) is 5.32 Å². The second-order valence-corrected chi connectivity index (χ2v) is 6.04. The molecule has 0 heterocycles. The van der Waals surface area contributed by atoms with Crippen LogP contribution in [0.2, 0.25) is 5.02 Å². The zero-order chi connectivity index (χ0) is 14.7. The highest BCUT2D eigenvalue weighted by atomic mass is 35.5. The van der Waals surface area contributed by atoms with Crippen molar-refractivity contribution in [3.63, 3.8) is 0 Å². The van der Waals surface area contributed by atoms with E-state index in [0.29, 0.717) is 11.1 Å². The first kappa shape index (κ1) is 15.1. The fourth-order valence-corrected chi connectivity index (χ4v) is 2.47. The Balaban J connectivity index is 2.10. The van der Waals surface area contributed by atoms with Crippen LogP contribution < -0.4 is 16.0 Å². The molecule has 0 aliphatic heterocycles.